The summed E-state index contributed by atoms with van der Waals surface area (Å²) in [6.45, 7) is 2.27. The summed E-state index contributed by atoms with van der Waals surface area (Å²) in [5.74, 6) is -0.476. The van der Waals surface area contributed by atoms with Crippen molar-refractivity contribution in [2.75, 3.05) is 0 Å². The molecule has 2 aromatic rings. The average molecular weight is 384 g/mol. The molecular formula is C24H26F2O2. The maximum absolute atomic E-state index is 14.0. The topological polar surface area (TPSA) is 37.3 Å². The van der Waals surface area contributed by atoms with E-state index in [9.17, 15) is 13.6 Å². The maximum atomic E-state index is 14.0. The van der Waals surface area contributed by atoms with E-state index in [-0.39, 0.29) is 0 Å². The summed E-state index contributed by atoms with van der Waals surface area (Å²) < 4.78 is 27.9. The highest BCUT2D eigenvalue weighted by Gasteiger charge is 2.41. The van der Waals surface area contributed by atoms with Gasteiger partial charge in [0.05, 0.1) is 0 Å². The van der Waals surface area contributed by atoms with E-state index in [1.54, 1.807) is 0 Å². The molecule has 0 aromatic heterocycles. The molecular weight excluding hydrogens is 358 g/mol. The molecule has 2 aliphatic rings. The van der Waals surface area contributed by atoms with Crippen molar-refractivity contribution < 1.29 is 18.7 Å². The van der Waals surface area contributed by atoms with E-state index in [1.165, 1.54) is 44.1 Å². The second-order valence-electron chi connectivity index (χ2n) is 8.56. The Labute approximate surface area is 164 Å². The molecule has 2 aliphatic carbocycles. The number of aromatic carboxylic acids is 1. The zero-order valence-corrected chi connectivity index (χ0v) is 16.1. The van der Waals surface area contributed by atoms with Gasteiger partial charge in [-0.3, -0.25) is 0 Å². The summed E-state index contributed by atoms with van der Waals surface area (Å²) in [6, 6.07) is 10.1. The van der Waals surface area contributed by atoms with Crippen LogP contribution >= 0.6 is 0 Å². The molecule has 2 nitrogen and oxygen atoms in total. The van der Waals surface area contributed by atoms with Crippen molar-refractivity contribution in [2.24, 2.45) is 17.8 Å². The summed E-state index contributed by atoms with van der Waals surface area (Å²) in [5, 5.41) is 8.90. The number of carboxylic acid groups (broad SMARTS) is 1. The Balaban J connectivity index is 1.48. The Bertz CT molecular complexity index is 838. The highest BCUT2D eigenvalue weighted by Crippen LogP contribution is 2.53. The summed E-state index contributed by atoms with van der Waals surface area (Å²) in [5.41, 5.74) is 1.45. The van der Waals surface area contributed by atoms with Gasteiger partial charge in [0, 0.05) is 0 Å². The molecule has 1 N–H and O–H groups in total. The number of rotatable bonds is 5. The molecule has 0 amide bonds. The quantitative estimate of drug-likeness (QED) is 0.626. The van der Waals surface area contributed by atoms with Crippen LogP contribution in [0.5, 0.6) is 0 Å². The first kappa shape index (κ1) is 19.1. The van der Waals surface area contributed by atoms with Crippen molar-refractivity contribution in [3.8, 4) is 11.1 Å². The fourth-order valence-corrected chi connectivity index (χ4v) is 5.55. The third-order valence-electron chi connectivity index (χ3n) is 6.78. The Morgan fingerprint density at radius 3 is 2.04 bits per heavy atom. The second kappa shape index (κ2) is 7.65. The van der Waals surface area contributed by atoms with Crippen LogP contribution in [0.15, 0.2) is 36.4 Å². The molecule has 0 bridgehead atoms. The molecule has 148 valence electrons. The van der Waals surface area contributed by atoms with Crippen molar-refractivity contribution in [2.45, 2.75) is 51.4 Å². The van der Waals surface area contributed by atoms with Gasteiger partial charge in [-0.2, -0.15) is 0 Å². The van der Waals surface area contributed by atoms with Crippen molar-refractivity contribution >= 4 is 5.97 Å². The smallest absolute Gasteiger partial charge is 0.341 e. The first-order chi connectivity index (χ1) is 13.5. The van der Waals surface area contributed by atoms with Crippen LogP contribution in [-0.4, -0.2) is 11.1 Å². The molecule has 4 rings (SSSR count). The van der Waals surface area contributed by atoms with Gasteiger partial charge >= 0.3 is 5.97 Å². The monoisotopic (exact) mass is 384 g/mol. The van der Waals surface area contributed by atoms with Crippen LogP contribution in [0.2, 0.25) is 0 Å². The van der Waals surface area contributed by atoms with Crippen LogP contribution in [0.1, 0.15) is 67.3 Å². The van der Waals surface area contributed by atoms with Crippen LogP contribution < -0.4 is 0 Å². The van der Waals surface area contributed by atoms with Gasteiger partial charge in [-0.05, 0) is 78.2 Å². The fourth-order valence-electron chi connectivity index (χ4n) is 5.55. The number of fused-ring (bicyclic) bond motifs is 1. The normalized spacial score (nSPS) is 26.4. The first-order valence-electron chi connectivity index (χ1n) is 10.3. The van der Waals surface area contributed by atoms with Crippen LogP contribution in [0.25, 0.3) is 11.1 Å². The predicted molar refractivity (Wildman–Crippen MR) is 105 cm³/mol. The fraction of sp³-hybridized carbons (Fsp3) is 0.458. The predicted octanol–water partition coefficient (Wildman–Crippen LogP) is 6.65. The lowest BCUT2D eigenvalue weighted by atomic mass is 9.90. The Morgan fingerprint density at radius 1 is 0.964 bits per heavy atom. The van der Waals surface area contributed by atoms with Gasteiger partial charge in [-0.15, -0.1) is 0 Å². The molecule has 28 heavy (non-hydrogen) atoms. The number of hydrogen-bond donors (Lipinski definition) is 1. The van der Waals surface area contributed by atoms with E-state index in [0.29, 0.717) is 17.0 Å². The molecule has 0 heterocycles. The van der Waals surface area contributed by atoms with E-state index in [4.69, 9.17) is 5.11 Å². The average Bonchev–Trinajstić information content (AvgIpc) is 3.20. The molecule has 0 aliphatic heterocycles. The van der Waals surface area contributed by atoms with Crippen molar-refractivity contribution in [1.29, 1.82) is 0 Å². The summed E-state index contributed by atoms with van der Waals surface area (Å²) in [4.78, 5) is 10.9. The maximum Gasteiger partial charge on any atom is 0.341 e. The molecule has 2 atom stereocenters. The van der Waals surface area contributed by atoms with Crippen molar-refractivity contribution in [3.63, 3.8) is 0 Å². The number of hydrogen-bond acceptors (Lipinski definition) is 1. The Hall–Kier alpha value is -2.23. The zero-order valence-electron chi connectivity index (χ0n) is 16.1. The minimum absolute atomic E-state index is 0.359. The number of halogens is 2. The van der Waals surface area contributed by atoms with Gasteiger partial charge in [0.25, 0.3) is 0 Å². The minimum Gasteiger partial charge on any atom is -0.477 e. The SMILES string of the molecule is CCCC1CC2CC(c3ccc(-c4cc(F)c(C(=O)O)c(F)c4)cc3)CC2C1. The molecule has 2 aromatic carbocycles. The van der Waals surface area contributed by atoms with Gasteiger partial charge < -0.3 is 5.11 Å². The third-order valence-corrected chi connectivity index (χ3v) is 6.78. The lowest BCUT2D eigenvalue weighted by Crippen LogP contribution is -2.05. The second-order valence-corrected chi connectivity index (χ2v) is 8.56. The van der Waals surface area contributed by atoms with Crippen LogP contribution in [-0.2, 0) is 0 Å². The van der Waals surface area contributed by atoms with E-state index >= 15 is 0 Å². The molecule has 0 spiro atoms. The summed E-state index contributed by atoms with van der Waals surface area (Å²) >= 11 is 0. The van der Waals surface area contributed by atoms with Crippen LogP contribution in [0.4, 0.5) is 8.78 Å². The molecule has 0 saturated heterocycles. The zero-order chi connectivity index (χ0) is 19.8. The van der Waals surface area contributed by atoms with Gasteiger partial charge in [-0.1, -0.05) is 44.0 Å². The van der Waals surface area contributed by atoms with E-state index in [1.807, 2.05) is 12.1 Å². The molecule has 2 unspecified atom stereocenters. The Morgan fingerprint density at radius 2 is 1.54 bits per heavy atom. The molecule has 2 saturated carbocycles. The van der Waals surface area contributed by atoms with Crippen molar-refractivity contribution in [3.05, 3.63) is 59.2 Å². The minimum atomic E-state index is -1.59. The first-order valence-corrected chi connectivity index (χ1v) is 10.3. The lowest BCUT2D eigenvalue weighted by Gasteiger charge is -2.15. The van der Waals surface area contributed by atoms with Gasteiger partial charge in [-0.25, -0.2) is 13.6 Å². The van der Waals surface area contributed by atoms with Gasteiger partial charge in [0.15, 0.2) is 0 Å². The molecule has 2 fully saturated rings. The van der Waals surface area contributed by atoms with Gasteiger partial charge in [0.1, 0.15) is 17.2 Å². The molecule has 4 heteroatoms. The largest absolute Gasteiger partial charge is 0.477 e. The van der Waals surface area contributed by atoms with E-state index in [0.717, 1.165) is 29.9 Å². The standard InChI is InChI=1S/C24H26F2O2/c1-2-3-14-8-17-10-19(11-18(17)9-14)15-4-6-16(7-5-15)20-12-21(25)23(24(27)28)22(26)13-20/h4-7,12-14,17-19H,2-3,8-11H2,1H3,(H,27,28). The highest BCUT2D eigenvalue weighted by molar-refractivity contribution is 5.89. The van der Waals surface area contributed by atoms with E-state index < -0.39 is 23.2 Å². The lowest BCUT2D eigenvalue weighted by molar-refractivity contribution is 0.0686. The number of benzene rings is 2. The number of carbonyl (C=O) groups is 1. The van der Waals surface area contributed by atoms with E-state index in [2.05, 4.69) is 19.1 Å². The third kappa shape index (κ3) is 3.57. The van der Waals surface area contributed by atoms with Crippen LogP contribution in [0.3, 0.4) is 0 Å². The van der Waals surface area contributed by atoms with Crippen LogP contribution in [0, 0.1) is 29.4 Å². The highest BCUT2D eigenvalue weighted by atomic mass is 19.1. The number of carboxylic acids is 1. The van der Waals surface area contributed by atoms with Crippen molar-refractivity contribution in [1.82, 2.24) is 0 Å². The van der Waals surface area contributed by atoms with Gasteiger partial charge in [0.2, 0.25) is 0 Å². The summed E-state index contributed by atoms with van der Waals surface area (Å²) in [7, 11) is 0. The molecule has 0 radical (unpaired) electrons. The Kier molecular flexibility index (Phi) is 5.22. The summed E-state index contributed by atoms with van der Waals surface area (Å²) in [6.07, 6.45) is 7.90.